The maximum absolute atomic E-state index is 13.8. The van der Waals surface area contributed by atoms with Gasteiger partial charge >= 0.3 is 0 Å². The van der Waals surface area contributed by atoms with Crippen molar-refractivity contribution in [2.45, 2.75) is 51.6 Å². The number of aliphatic hydroxyl groups excluding tert-OH is 1. The molecule has 0 amide bonds. The molecule has 18 heavy (non-hydrogen) atoms. The fourth-order valence-corrected chi connectivity index (χ4v) is 2.77. The maximum atomic E-state index is 13.8. The van der Waals surface area contributed by atoms with Crippen LogP contribution in [-0.4, -0.2) is 5.11 Å². The van der Waals surface area contributed by atoms with Crippen molar-refractivity contribution in [3.63, 3.8) is 0 Å². The van der Waals surface area contributed by atoms with Crippen molar-refractivity contribution in [2.75, 3.05) is 0 Å². The first-order chi connectivity index (χ1) is 8.61. The molecule has 1 aromatic rings. The van der Waals surface area contributed by atoms with Gasteiger partial charge in [0.2, 0.25) is 0 Å². The molecule has 1 aromatic carbocycles. The number of halogens is 2. The summed E-state index contributed by atoms with van der Waals surface area (Å²) in [7, 11) is 0. The molecule has 100 valence electrons. The second-order valence-electron chi connectivity index (χ2n) is 5.30. The molecule has 0 saturated heterocycles. The summed E-state index contributed by atoms with van der Waals surface area (Å²) in [5.41, 5.74) is 0.398. The number of hydrogen-bond donors (Lipinski definition) is 1. The van der Waals surface area contributed by atoms with Gasteiger partial charge in [-0.05, 0) is 31.2 Å². The molecule has 1 aliphatic rings. The SMILES string of the molecule is Cc1ccc(C(O)C2CCCCCC2)c(F)c1F. The average molecular weight is 254 g/mol. The van der Waals surface area contributed by atoms with E-state index in [9.17, 15) is 13.9 Å². The highest BCUT2D eigenvalue weighted by Gasteiger charge is 2.26. The lowest BCUT2D eigenvalue weighted by atomic mass is 9.89. The molecule has 0 aromatic heterocycles. The lowest BCUT2D eigenvalue weighted by Crippen LogP contribution is -2.14. The molecule has 1 aliphatic carbocycles. The van der Waals surface area contributed by atoms with Gasteiger partial charge in [0, 0.05) is 5.56 Å². The maximum Gasteiger partial charge on any atom is 0.164 e. The summed E-state index contributed by atoms with van der Waals surface area (Å²) in [6.45, 7) is 1.53. The topological polar surface area (TPSA) is 20.2 Å². The first-order valence-corrected chi connectivity index (χ1v) is 6.74. The first-order valence-electron chi connectivity index (χ1n) is 6.74. The first kappa shape index (κ1) is 13.5. The smallest absolute Gasteiger partial charge is 0.164 e. The molecule has 0 spiro atoms. The van der Waals surface area contributed by atoms with Gasteiger partial charge in [0.15, 0.2) is 11.6 Å². The van der Waals surface area contributed by atoms with Crippen molar-refractivity contribution in [1.82, 2.24) is 0 Å². The largest absolute Gasteiger partial charge is 0.388 e. The van der Waals surface area contributed by atoms with Crippen LogP contribution in [-0.2, 0) is 0 Å². The van der Waals surface area contributed by atoms with Crippen LogP contribution in [0.25, 0.3) is 0 Å². The Morgan fingerprint density at radius 3 is 2.28 bits per heavy atom. The second kappa shape index (κ2) is 5.79. The van der Waals surface area contributed by atoms with E-state index < -0.39 is 17.7 Å². The molecule has 1 nitrogen and oxygen atoms in total. The van der Waals surface area contributed by atoms with Gasteiger partial charge in [0.05, 0.1) is 6.10 Å². The fraction of sp³-hybridized carbons (Fsp3) is 0.600. The summed E-state index contributed by atoms with van der Waals surface area (Å²) >= 11 is 0. The van der Waals surface area contributed by atoms with Crippen molar-refractivity contribution < 1.29 is 13.9 Å². The Labute approximate surface area is 107 Å². The Bertz CT molecular complexity index is 409. The van der Waals surface area contributed by atoms with E-state index in [4.69, 9.17) is 0 Å². The quantitative estimate of drug-likeness (QED) is 0.781. The highest BCUT2D eigenvalue weighted by molar-refractivity contribution is 5.27. The van der Waals surface area contributed by atoms with Crippen LogP contribution in [0.2, 0.25) is 0 Å². The highest BCUT2D eigenvalue weighted by atomic mass is 19.2. The fourth-order valence-electron chi connectivity index (χ4n) is 2.77. The van der Waals surface area contributed by atoms with Crippen LogP contribution in [0, 0.1) is 24.5 Å². The van der Waals surface area contributed by atoms with Crippen LogP contribution in [0.3, 0.4) is 0 Å². The molecule has 1 atom stereocenters. The van der Waals surface area contributed by atoms with Gasteiger partial charge in [-0.15, -0.1) is 0 Å². The summed E-state index contributed by atoms with van der Waals surface area (Å²) in [6.07, 6.45) is 5.40. The predicted octanol–water partition coefficient (Wildman–Crippen LogP) is 4.28. The van der Waals surface area contributed by atoms with Gasteiger partial charge in [-0.2, -0.15) is 0 Å². The minimum absolute atomic E-state index is 0.0594. The molecule has 1 N–H and O–H groups in total. The van der Waals surface area contributed by atoms with Gasteiger partial charge in [-0.3, -0.25) is 0 Å². The predicted molar refractivity (Wildman–Crippen MR) is 67.2 cm³/mol. The third-order valence-electron chi connectivity index (χ3n) is 3.97. The Balaban J connectivity index is 2.22. The monoisotopic (exact) mass is 254 g/mol. The van der Waals surface area contributed by atoms with Gasteiger partial charge in [0.1, 0.15) is 0 Å². The zero-order chi connectivity index (χ0) is 13.1. The number of benzene rings is 1. The molecule has 1 saturated carbocycles. The number of aryl methyl sites for hydroxylation is 1. The number of rotatable bonds is 2. The molecule has 0 heterocycles. The Hall–Kier alpha value is -0.960. The summed E-state index contributed by atoms with van der Waals surface area (Å²) in [6, 6.07) is 3.05. The van der Waals surface area contributed by atoms with Gasteiger partial charge in [-0.25, -0.2) is 8.78 Å². The highest BCUT2D eigenvalue weighted by Crippen LogP contribution is 2.35. The summed E-state index contributed by atoms with van der Waals surface area (Å²) in [5.74, 6) is -1.66. The molecular weight excluding hydrogens is 234 g/mol. The number of hydrogen-bond acceptors (Lipinski definition) is 1. The van der Waals surface area contributed by atoms with Gasteiger partial charge in [-0.1, -0.05) is 37.8 Å². The van der Waals surface area contributed by atoms with E-state index in [1.54, 1.807) is 0 Å². The van der Waals surface area contributed by atoms with E-state index in [2.05, 4.69) is 0 Å². The number of aliphatic hydroxyl groups is 1. The molecule has 1 unspecified atom stereocenters. The zero-order valence-corrected chi connectivity index (χ0v) is 10.8. The van der Waals surface area contributed by atoms with Crippen LogP contribution >= 0.6 is 0 Å². The van der Waals surface area contributed by atoms with Crippen molar-refractivity contribution in [3.05, 3.63) is 34.9 Å². The van der Waals surface area contributed by atoms with Crippen molar-refractivity contribution in [2.24, 2.45) is 5.92 Å². The Kier molecular flexibility index (Phi) is 4.33. The summed E-state index contributed by atoms with van der Waals surface area (Å²) in [4.78, 5) is 0. The minimum atomic E-state index is -0.883. The molecule has 0 radical (unpaired) electrons. The Morgan fingerprint density at radius 1 is 1.06 bits per heavy atom. The lowest BCUT2D eigenvalue weighted by molar-refractivity contribution is 0.0944. The Morgan fingerprint density at radius 2 is 1.67 bits per heavy atom. The van der Waals surface area contributed by atoms with Crippen molar-refractivity contribution in [1.29, 1.82) is 0 Å². The van der Waals surface area contributed by atoms with Crippen LogP contribution < -0.4 is 0 Å². The average Bonchev–Trinajstić information content (AvgIpc) is 2.64. The zero-order valence-electron chi connectivity index (χ0n) is 10.8. The van der Waals surface area contributed by atoms with Crippen LogP contribution in [0.1, 0.15) is 55.8 Å². The molecule has 0 bridgehead atoms. The minimum Gasteiger partial charge on any atom is -0.388 e. The van der Waals surface area contributed by atoms with E-state index in [-0.39, 0.29) is 17.0 Å². The van der Waals surface area contributed by atoms with Crippen LogP contribution in [0.4, 0.5) is 8.78 Å². The van der Waals surface area contributed by atoms with Crippen molar-refractivity contribution in [3.8, 4) is 0 Å². The second-order valence-corrected chi connectivity index (χ2v) is 5.30. The van der Waals surface area contributed by atoms with Crippen molar-refractivity contribution >= 4 is 0 Å². The normalized spacial score (nSPS) is 19.6. The molecule has 2 rings (SSSR count). The van der Waals surface area contributed by atoms with Gasteiger partial charge in [0.25, 0.3) is 0 Å². The summed E-state index contributed by atoms with van der Waals surface area (Å²) in [5, 5.41) is 10.3. The van der Waals surface area contributed by atoms with E-state index >= 15 is 0 Å². The summed E-state index contributed by atoms with van der Waals surface area (Å²) < 4.78 is 27.3. The third kappa shape index (κ3) is 2.72. The molecule has 1 fully saturated rings. The standard InChI is InChI=1S/C15H20F2O/c1-10-8-9-12(14(17)13(10)16)15(18)11-6-4-2-3-5-7-11/h8-9,11,15,18H,2-7H2,1H3. The molecule has 3 heteroatoms. The molecule has 0 aliphatic heterocycles. The van der Waals surface area contributed by atoms with E-state index in [1.165, 1.54) is 31.9 Å². The van der Waals surface area contributed by atoms with Gasteiger partial charge < -0.3 is 5.11 Å². The van der Waals surface area contributed by atoms with E-state index in [0.29, 0.717) is 0 Å². The van der Waals surface area contributed by atoms with E-state index in [0.717, 1.165) is 25.7 Å². The third-order valence-corrected chi connectivity index (χ3v) is 3.97. The van der Waals surface area contributed by atoms with Crippen LogP contribution in [0.5, 0.6) is 0 Å². The molecular formula is C15H20F2O. The lowest BCUT2D eigenvalue weighted by Gasteiger charge is -2.22. The van der Waals surface area contributed by atoms with Crippen LogP contribution in [0.15, 0.2) is 12.1 Å². The van der Waals surface area contributed by atoms with E-state index in [1.807, 2.05) is 0 Å².